The molecule has 3 heterocycles. The maximum atomic E-state index is 5.69. The predicted molar refractivity (Wildman–Crippen MR) is 88.8 cm³/mol. The molecular weight excluding hydrogens is 290 g/mol. The van der Waals surface area contributed by atoms with Gasteiger partial charge in [-0.25, -0.2) is 9.97 Å². The molecule has 0 fully saturated rings. The van der Waals surface area contributed by atoms with Crippen molar-refractivity contribution in [3.05, 3.63) is 48.9 Å². The lowest BCUT2D eigenvalue weighted by Crippen LogP contribution is -2.31. The maximum absolute atomic E-state index is 5.69. The summed E-state index contributed by atoms with van der Waals surface area (Å²) < 4.78 is 9.82. The van der Waals surface area contributed by atoms with Crippen molar-refractivity contribution in [2.45, 2.75) is 26.4 Å². The zero-order chi connectivity index (χ0) is 16.2. The van der Waals surface area contributed by atoms with Gasteiger partial charge in [-0.05, 0) is 25.2 Å². The lowest BCUT2D eigenvalue weighted by molar-refractivity contribution is 0.174. The summed E-state index contributed by atoms with van der Waals surface area (Å²) in [6.07, 6.45) is 9.29. The van der Waals surface area contributed by atoms with E-state index >= 15 is 0 Å². The number of imidazole rings is 2. The average molecular weight is 313 g/mol. The summed E-state index contributed by atoms with van der Waals surface area (Å²) in [6.45, 7) is 7.06. The molecule has 0 N–H and O–H groups in total. The summed E-state index contributed by atoms with van der Waals surface area (Å²) in [7, 11) is 1.98. The molecule has 0 amide bonds. The minimum absolute atomic E-state index is 0.174. The Labute approximate surface area is 136 Å². The third-order valence-corrected chi connectivity index (χ3v) is 4.23. The molecular formula is C17H23N5O. The lowest BCUT2D eigenvalue weighted by atomic mass is 10.2. The van der Waals surface area contributed by atoms with Gasteiger partial charge in [0.2, 0.25) is 0 Å². The highest BCUT2D eigenvalue weighted by Crippen LogP contribution is 2.25. The van der Waals surface area contributed by atoms with Gasteiger partial charge in [0, 0.05) is 38.4 Å². The smallest absolute Gasteiger partial charge is 0.176 e. The highest BCUT2D eigenvalue weighted by Gasteiger charge is 2.23. The Kier molecular flexibility index (Phi) is 4.62. The van der Waals surface area contributed by atoms with E-state index < -0.39 is 0 Å². The normalized spacial score (nSPS) is 12.9. The number of hydrogen-bond donors (Lipinski definition) is 0. The molecule has 0 unspecified atom stereocenters. The van der Waals surface area contributed by atoms with Crippen LogP contribution in [0.1, 0.15) is 25.6 Å². The molecule has 3 aromatic heterocycles. The second-order valence-corrected chi connectivity index (χ2v) is 5.52. The first kappa shape index (κ1) is 15.6. The summed E-state index contributed by atoms with van der Waals surface area (Å²) in [5, 5.41) is 0. The maximum Gasteiger partial charge on any atom is 0.176 e. The van der Waals surface area contributed by atoms with E-state index in [4.69, 9.17) is 4.42 Å². The van der Waals surface area contributed by atoms with Gasteiger partial charge in [0.25, 0.3) is 0 Å². The van der Waals surface area contributed by atoms with Crippen LogP contribution in [-0.2, 0) is 13.6 Å². The van der Waals surface area contributed by atoms with Crippen molar-refractivity contribution in [1.29, 1.82) is 0 Å². The number of aromatic nitrogens is 4. The van der Waals surface area contributed by atoms with Crippen molar-refractivity contribution in [3.8, 4) is 11.6 Å². The van der Waals surface area contributed by atoms with Crippen LogP contribution in [0.2, 0.25) is 0 Å². The largest absolute Gasteiger partial charge is 0.468 e. The number of furan rings is 1. The molecule has 0 saturated heterocycles. The van der Waals surface area contributed by atoms with Crippen LogP contribution < -0.4 is 0 Å². The fourth-order valence-corrected chi connectivity index (χ4v) is 2.96. The molecule has 0 aliphatic rings. The van der Waals surface area contributed by atoms with E-state index in [0.29, 0.717) is 0 Å². The van der Waals surface area contributed by atoms with Gasteiger partial charge in [-0.15, -0.1) is 0 Å². The van der Waals surface area contributed by atoms with Crippen molar-refractivity contribution in [2.24, 2.45) is 7.05 Å². The van der Waals surface area contributed by atoms with E-state index in [2.05, 4.69) is 33.3 Å². The molecule has 1 atom stereocenters. The van der Waals surface area contributed by atoms with Gasteiger partial charge in [-0.1, -0.05) is 13.8 Å². The lowest BCUT2D eigenvalue weighted by Gasteiger charge is -2.28. The highest BCUT2D eigenvalue weighted by molar-refractivity contribution is 5.44. The first-order valence-electron chi connectivity index (χ1n) is 8.00. The summed E-state index contributed by atoms with van der Waals surface area (Å²) in [5.41, 5.74) is 0. The Bertz CT molecular complexity index is 724. The summed E-state index contributed by atoms with van der Waals surface area (Å²) in [5.74, 6) is 2.72. The predicted octanol–water partition coefficient (Wildman–Crippen LogP) is 2.96. The Morgan fingerprint density at radius 3 is 2.48 bits per heavy atom. The third kappa shape index (κ3) is 3.07. The van der Waals surface area contributed by atoms with E-state index in [1.165, 1.54) is 0 Å². The number of nitrogens with zero attached hydrogens (tertiary/aromatic N) is 5. The van der Waals surface area contributed by atoms with Gasteiger partial charge in [0.1, 0.15) is 5.76 Å². The SMILES string of the molecule is CCN(CC)[C@@H](Cn1ccnc1-c1nccn1C)c1ccco1. The Morgan fingerprint density at radius 1 is 1.13 bits per heavy atom. The Balaban J connectivity index is 1.93. The molecule has 6 nitrogen and oxygen atoms in total. The molecule has 0 radical (unpaired) electrons. The zero-order valence-corrected chi connectivity index (χ0v) is 13.9. The molecule has 0 aliphatic heterocycles. The van der Waals surface area contributed by atoms with Crippen LogP contribution in [0.4, 0.5) is 0 Å². The van der Waals surface area contributed by atoms with E-state index in [0.717, 1.165) is 37.0 Å². The fourth-order valence-electron chi connectivity index (χ4n) is 2.96. The molecule has 0 bridgehead atoms. The van der Waals surface area contributed by atoms with Crippen LogP contribution in [-0.4, -0.2) is 37.1 Å². The molecule has 122 valence electrons. The van der Waals surface area contributed by atoms with E-state index in [1.54, 1.807) is 12.5 Å². The monoisotopic (exact) mass is 313 g/mol. The summed E-state index contributed by atoms with van der Waals surface area (Å²) in [4.78, 5) is 11.3. The van der Waals surface area contributed by atoms with Gasteiger partial charge in [-0.3, -0.25) is 4.90 Å². The van der Waals surface area contributed by atoms with Crippen LogP contribution in [0.5, 0.6) is 0 Å². The van der Waals surface area contributed by atoms with E-state index in [-0.39, 0.29) is 6.04 Å². The van der Waals surface area contributed by atoms with Gasteiger partial charge in [0.15, 0.2) is 11.6 Å². The molecule has 3 aromatic rings. The Hall–Kier alpha value is -2.34. The van der Waals surface area contributed by atoms with Crippen LogP contribution >= 0.6 is 0 Å². The molecule has 3 rings (SSSR count). The quantitative estimate of drug-likeness (QED) is 0.673. The fraction of sp³-hybridized carbons (Fsp3) is 0.412. The second kappa shape index (κ2) is 6.83. The number of aryl methyl sites for hydroxylation is 1. The van der Waals surface area contributed by atoms with Crippen molar-refractivity contribution in [2.75, 3.05) is 13.1 Å². The van der Waals surface area contributed by atoms with Crippen molar-refractivity contribution in [1.82, 2.24) is 24.0 Å². The van der Waals surface area contributed by atoms with Crippen LogP contribution in [0.3, 0.4) is 0 Å². The van der Waals surface area contributed by atoms with E-state index in [9.17, 15) is 0 Å². The average Bonchev–Trinajstić information content (AvgIpc) is 3.28. The Morgan fingerprint density at radius 2 is 1.87 bits per heavy atom. The minimum atomic E-state index is 0.174. The molecule has 23 heavy (non-hydrogen) atoms. The number of rotatable bonds is 7. The first-order chi connectivity index (χ1) is 11.2. The molecule has 0 aromatic carbocycles. The number of likely N-dealkylation sites (N-methyl/N-ethyl adjacent to an activating group) is 1. The first-order valence-corrected chi connectivity index (χ1v) is 8.00. The molecule has 0 saturated carbocycles. The van der Waals surface area contributed by atoms with Crippen molar-refractivity contribution < 1.29 is 4.42 Å². The van der Waals surface area contributed by atoms with Crippen LogP contribution in [0.15, 0.2) is 47.6 Å². The van der Waals surface area contributed by atoms with Crippen molar-refractivity contribution in [3.63, 3.8) is 0 Å². The topological polar surface area (TPSA) is 52.0 Å². The van der Waals surface area contributed by atoms with Gasteiger partial charge in [-0.2, -0.15) is 0 Å². The molecule has 0 aliphatic carbocycles. The van der Waals surface area contributed by atoms with Crippen LogP contribution in [0.25, 0.3) is 11.6 Å². The van der Waals surface area contributed by atoms with Gasteiger partial charge in [0.05, 0.1) is 12.3 Å². The second-order valence-electron chi connectivity index (χ2n) is 5.52. The van der Waals surface area contributed by atoms with Gasteiger partial charge < -0.3 is 13.6 Å². The third-order valence-electron chi connectivity index (χ3n) is 4.23. The summed E-state index contributed by atoms with van der Waals surface area (Å²) in [6, 6.07) is 4.16. The standard InChI is InChI=1S/C17H23N5O/c1-4-21(5-2)14(15-7-6-12-23-15)13-22-11-9-19-17(22)16-18-8-10-20(16)3/h6-12,14H,4-5,13H2,1-3H3/t14-/m0/s1. The summed E-state index contributed by atoms with van der Waals surface area (Å²) >= 11 is 0. The number of hydrogen-bond acceptors (Lipinski definition) is 4. The highest BCUT2D eigenvalue weighted by atomic mass is 16.3. The van der Waals surface area contributed by atoms with E-state index in [1.807, 2.05) is 42.3 Å². The molecule has 6 heteroatoms. The van der Waals surface area contributed by atoms with Crippen LogP contribution in [0, 0.1) is 0 Å². The molecule has 0 spiro atoms. The van der Waals surface area contributed by atoms with Crippen molar-refractivity contribution >= 4 is 0 Å². The van der Waals surface area contributed by atoms with Gasteiger partial charge >= 0.3 is 0 Å². The zero-order valence-electron chi connectivity index (χ0n) is 13.9. The minimum Gasteiger partial charge on any atom is -0.468 e.